The molecule has 2 heterocycles. The molecule has 0 aromatic heterocycles. The van der Waals surface area contributed by atoms with Crippen molar-refractivity contribution in [2.45, 2.75) is 12.8 Å². The van der Waals surface area contributed by atoms with Crippen LogP contribution in [0.4, 0.5) is 5.69 Å². The van der Waals surface area contributed by atoms with Crippen molar-refractivity contribution >= 4 is 23.4 Å². The summed E-state index contributed by atoms with van der Waals surface area (Å²) in [6.45, 7) is 3.94. The Balaban J connectivity index is 1.39. The number of benzene rings is 2. The van der Waals surface area contributed by atoms with E-state index in [1.165, 1.54) is 0 Å². The van der Waals surface area contributed by atoms with Gasteiger partial charge in [0.25, 0.3) is 5.91 Å². The van der Waals surface area contributed by atoms with E-state index in [0.29, 0.717) is 35.9 Å². The average molecular weight is 437 g/mol. The molecule has 32 heavy (non-hydrogen) atoms. The predicted octanol–water partition coefficient (Wildman–Crippen LogP) is 2.54. The summed E-state index contributed by atoms with van der Waals surface area (Å²) in [5.41, 5.74) is 2.83. The third-order valence-corrected chi connectivity index (χ3v) is 6.00. The predicted molar refractivity (Wildman–Crippen MR) is 122 cm³/mol. The van der Waals surface area contributed by atoms with Gasteiger partial charge in [-0.3, -0.25) is 15.0 Å². The maximum atomic E-state index is 12.8. The molecule has 2 aromatic rings. The number of piperazine rings is 1. The van der Waals surface area contributed by atoms with Gasteiger partial charge < -0.3 is 25.0 Å². The molecule has 4 rings (SSSR count). The van der Waals surface area contributed by atoms with E-state index in [9.17, 15) is 9.59 Å². The number of ether oxygens (including phenoxy) is 1. The lowest BCUT2D eigenvalue weighted by Gasteiger charge is -2.34. The lowest BCUT2D eigenvalue weighted by molar-refractivity contribution is -0.138. The van der Waals surface area contributed by atoms with Crippen LogP contribution >= 0.6 is 0 Å². The van der Waals surface area contributed by atoms with Crippen LogP contribution in [0.2, 0.25) is 0 Å². The maximum Gasteiger partial charge on any atom is 0.303 e. The Bertz CT molecular complexity index is 1010. The molecule has 0 radical (unpaired) electrons. The van der Waals surface area contributed by atoms with Crippen LogP contribution in [-0.2, 0) is 11.2 Å². The van der Waals surface area contributed by atoms with E-state index in [4.69, 9.17) is 15.3 Å². The Hall–Kier alpha value is -3.39. The summed E-state index contributed by atoms with van der Waals surface area (Å²) >= 11 is 0. The number of anilines is 1. The molecule has 0 saturated carbocycles. The first-order valence-corrected chi connectivity index (χ1v) is 10.8. The number of carboxylic acid groups (broad SMARTS) is 1. The van der Waals surface area contributed by atoms with Crippen LogP contribution in [0, 0.1) is 11.3 Å². The van der Waals surface area contributed by atoms with Crippen molar-refractivity contribution in [2.24, 2.45) is 5.92 Å². The zero-order chi connectivity index (χ0) is 22.7. The van der Waals surface area contributed by atoms with Gasteiger partial charge in [0, 0.05) is 48.9 Å². The highest BCUT2D eigenvalue weighted by atomic mass is 16.5. The highest BCUT2D eigenvalue weighted by Gasteiger charge is 2.23. The molecule has 1 saturated heterocycles. The topological polar surface area (TPSA) is 106 Å². The number of carbonyl (C=O) groups is 2. The average Bonchev–Trinajstić information content (AvgIpc) is 2.78. The Morgan fingerprint density at radius 2 is 1.78 bits per heavy atom. The number of aliphatic carboxylic acids is 1. The quantitative estimate of drug-likeness (QED) is 0.491. The van der Waals surface area contributed by atoms with Gasteiger partial charge in [0.1, 0.15) is 11.6 Å². The lowest BCUT2D eigenvalue weighted by atomic mass is 9.93. The van der Waals surface area contributed by atoms with Crippen LogP contribution in [0.3, 0.4) is 0 Å². The second-order valence-electron chi connectivity index (χ2n) is 8.47. The summed E-state index contributed by atoms with van der Waals surface area (Å²) < 4.78 is 5.66. The first-order valence-electron chi connectivity index (χ1n) is 10.8. The minimum Gasteiger partial charge on any atom is -0.493 e. The van der Waals surface area contributed by atoms with Crippen molar-refractivity contribution in [3.8, 4) is 5.75 Å². The van der Waals surface area contributed by atoms with Crippen molar-refractivity contribution in [2.75, 3.05) is 45.2 Å². The van der Waals surface area contributed by atoms with E-state index in [2.05, 4.69) is 22.2 Å². The van der Waals surface area contributed by atoms with Gasteiger partial charge in [-0.2, -0.15) is 0 Å². The number of nitrogens with zero attached hydrogens (tertiary/aromatic N) is 2. The maximum absolute atomic E-state index is 12.8. The van der Waals surface area contributed by atoms with Crippen molar-refractivity contribution in [3.05, 3.63) is 59.2 Å². The number of carboxylic acids is 1. The van der Waals surface area contributed by atoms with Gasteiger partial charge in [-0.15, -0.1) is 0 Å². The molecule has 1 amide bonds. The number of rotatable bonds is 5. The molecule has 2 aliphatic heterocycles. The summed E-state index contributed by atoms with van der Waals surface area (Å²) in [6, 6.07) is 12.6. The molecular weight excluding hydrogens is 408 g/mol. The Morgan fingerprint density at radius 1 is 1.09 bits per heavy atom. The van der Waals surface area contributed by atoms with Crippen molar-refractivity contribution in [1.29, 1.82) is 5.41 Å². The molecule has 8 heteroatoms. The Labute approximate surface area is 187 Å². The summed E-state index contributed by atoms with van der Waals surface area (Å²) in [5, 5.41) is 20.4. The molecule has 2 aliphatic rings. The van der Waals surface area contributed by atoms with Crippen LogP contribution in [-0.4, -0.2) is 72.5 Å². The third kappa shape index (κ3) is 5.08. The third-order valence-electron chi connectivity index (χ3n) is 6.00. The SMILES string of the molecule is CN1CCN(C(=N)c2ccc(NC(=O)c3ccc4c(c3)CC(CC(=O)O)CO4)cc2)CC1. The molecule has 3 N–H and O–H groups in total. The van der Waals surface area contributed by atoms with Gasteiger partial charge in [0.05, 0.1) is 13.0 Å². The van der Waals surface area contributed by atoms with E-state index in [1.54, 1.807) is 18.2 Å². The Kier molecular flexibility index (Phi) is 6.41. The zero-order valence-electron chi connectivity index (χ0n) is 18.1. The van der Waals surface area contributed by atoms with Crippen LogP contribution in [0.1, 0.15) is 27.9 Å². The van der Waals surface area contributed by atoms with Gasteiger partial charge in [-0.25, -0.2) is 0 Å². The van der Waals surface area contributed by atoms with Gasteiger partial charge in [0.15, 0.2) is 0 Å². The standard InChI is InChI=1S/C24H28N4O4/c1-27-8-10-28(11-9-27)23(25)17-2-5-20(6-3-17)26-24(31)18-4-7-21-19(14-18)12-16(15-32-21)13-22(29)30/h2-7,14,16,25H,8-13,15H2,1H3,(H,26,31)(H,29,30). The van der Waals surface area contributed by atoms with E-state index in [1.807, 2.05) is 24.3 Å². The molecule has 168 valence electrons. The minimum atomic E-state index is -0.847. The zero-order valence-corrected chi connectivity index (χ0v) is 18.1. The van der Waals surface area contributed by atoms with Crippen LogP contribution in [0.5, 0.6) is 5.75 Å². The number of amides is 1. The first-order chi connectivity index (χ1) is 15.4. The second kappa shape index (κ2) is 9.40. The number of nitrogens with one attached hydrogen (secondary N) is 2. The van der Waals surface area contributed by atoms with Crippen molar-refractivity contribution < 1.29 is 19.4 Å². The monoisotopic (exact) mass is 436 g/mol. The van der Waals surface area contributed by atoms with E-state index >= 15 is 0 Å². The van der Waals surface area contributed by atoms with Gasteiger partial charge in [0.2, 0.25) is 0 Å². The van der Waals surface area contributed by atoms with Crippen molar-refractivity contribution in [1.82, 2.24) is 9.80 Å². The van der Waals surface area contributed by atoms with Crippen LogP contribution in [0.25, 0.3) is 0 Å². The summed E-state index contributed by atoms with van der Waals surface area (Å²) in [7, 11) is 2.09. The highest BCUT2D eigenvalue weighted by Crippen LogP contribution is 2.30. The fourth-order valence-corrected chi connectivity index (χ4v) is 4.10. The smallest absolute Gasteiger partial charge is 0.303 e. The van der Waals surface area contributed by atoms with Crippen molar-refractivity contribution in [3.63, 3.8) is 0 Å². The number of carbonyl (C=O) groups excluding carboxylic acids is 1. The molecule has 2 aromatic carbocycles. The van der Waals surface area contributed by atoms with Gasteiger partial charge in [-0.05, 0) is 61.5 Å². The molecule has 1 fully saturated rings. The van der Waals surface area contributed by atoms with E-state index in [-0.39, 0.29) is 18.2 Å². The molecule has 1 atom stereocenters. The molecule has 1 unspecified atom stereocenters. The molecular formula is C24H28N4O4. The van der Waals surface area contributed by atoms with Crippen LogP contribution in [0.15, 0.2) is 42.5 Å². The van der Waals surface area contributed by atoms with Crippen LogP contribution < -0.4 is 10.1 Å². The fourth-order valence-electron chi connectivity index (χ4n) is 4.10. The van der Waals surface area contributed by atoms with Gasteiger partial charge >= 0.3 is 5.97 Å². The molecule has 0 aliphatic carbocycles. The fraction of sp³-hybridized carbons (Fsp3) is 0.375. The summed E-state index contributed by atoms with van der Waals surface area (Å²) in [6.07, 6.45) is 0.622. The molecule has 0 spiro atoms. The van der Waals surface area contributed by atoms with E-state index in [0.717, 1.165) is 37.3 Å². The number of hydrogen-bond donors (Lipinski definition) is 3. The Morgan fingerprint density at radius 3 is 2.47 bits per heavy atom. The van der Waals surface area contributed by atoms with E-state index < -0.39 is 5.97 Å². The number of likely N-dealkylation sites (N-methyl/N-ethyl adjacent to an activating group) is 1. The molecule has 0 bridgehead atoms. The molecule has 8 nitrogen and oxygen atoms in total. The number of amidine groups is 1. The van der Waals surface area contributed by atoms with Gasteiger partial charge in [-0.1, -0.05) is 0 Å². The summed E-state index contributed by atoms with van der Waals surface area (Å²) in [5.74, 6) is 0.0215. The second-order valence-corrected chi connectivity index (χ2v) is 8.47. The number of hydrogen-bond acceptors (Lipinski definition) is 5. The first kappa shape index (κ1) is 21.8. The largest absolute Gasteiger partial charge is 0.493 e. The number of fused-ring (bicyclic) bond motifs is 1. The lowest BCUT2D eigenvalue weighted by Crippen LogP contribution is -2.47. The summed E-state index contributed by atoms with van der Waals surface area (Å²) in [4.78, 5) is 28.1. The normalized spacial score (nSPS) is 18.4. The highest BCUT2D eigenvalue weighted by molar-refractivity contribution is 6.05. The minimum absolute atomic E-state index is 0.0470.